The normalized spacial score (nSPS) is 13.2. The summed E-state index contributed by atoms with van der Waals surface area (Å²) in [7, 11) is 0. The van der Waals surface area contributed by atoms with Crippen LogP contribution in [-0.2, 0) is 0 Å². The van der Waals surface area contributed by atoms with Gasteiger partial charge >= 0.3 is 0 Å². The number of rotatable bonds is 6. The Balaban J connectivity index is 1.16. The summed E-state index contributed by atoms with van der Waals surface area (Å²) in [4.78, 5) is 0. The van der Waals surface area contributed by atoms with Gasteiger partial charge < -0.3 is 0 Å². The summed E-state index contributed by atoms with van der Waals surface area (Å²) < 4.78 is 0. The van der Waals surface area contributed by atoms with Crippen LogP contribution >= 0.6 is 0 Å². The summed E-state index contributed by atoms with van der Waals surface area (Å²) in [5, 5.41) is 8.32. The van der Waals surface area contributed by atoms with E-state index in [2.05, 4.69) is 234 Å². The summed E-state index contributed by atoms with van der Waals surface area (Å²) in [5.41, 5.74) is 32.6. The number of hydrogen-bond donors (Lipinski definition) is 0. The van der Waals surface area contributed by atoms with Crippen LogP contribution in [0.2, 0.25) is 0 Å². The average Bonchev–Trinajstić information content (AvgIpc) is 3.95. The summed E-state index contributed by atoms with van der Waals surface area (Å²) in [5.74, 6) is 0.754. The molecule has 334 valence electrons. The zero-order valence-corrected chi connectivity index (χ0v) is 40.9. The van der Waals surface area contributed by atoms with Gasteiger partial charge in [0.2, 0.25) is 13.4 Å². The zero-order valence-electron chi connectivity index (χ0n) is 40.9. The highest BCUT2D eigenvalue weighted by Gasteiger charge is 2.45. The fourth-order valence-corrected chi connectivity index (χ4v) is 14.2. The zero-order chi connectivity index (χ0) is 47.7. The van der Waals surface area contributed by atoms with E-state index in [1.165, 1.54) is 165 Å². The molecule has 0 atom stereocenters. The SMILES string of the molecule is CC(C)c1cc2c3c(c1)-c1cc(-c4ccccc4-c4ccccc4)c4cc5c6c(cc(-c7ccccc7-c7ccccc7)c7cc(c1c4c76)B3c1ccccc1-2)-c1cc(C(C)C)cc2c1B5c1ccccc1-2. The van der Waals surface area contributed by atoms with Crippen molar-refractivity contribution in [3.63, 3.8) is 0 Å². The van der Waals surface area contributed by atoms with Gasteiger partial charge in [-0.3, -0.25) is 0 Å². The van der Waals surface area contributed by atoms with Gasteiger partial charge in [-0.05, 0) is 156 Å². The van der Waals surface area contributed by atoms with Gasteiger partial charge in [-0.1, -0.05) is 255 Å². The van der Waals surface area contributed by atoms with E-state index >= 15 is 0 Å². The molecule has 16 rings (SSSR count). The molecule has 0 spiro atoms. The Morgan fingerprint density at radius 2 is 0.583 bits per heavy atom. The predicted molar refractivity (Wildman–Crippen MR) is 311 cm³/mol. The first-order valence-corrected chi connectivity index (χ1v) is 26.1. The van der Waals surface area contributed by atoms with Gasteiger partial charge in [0.15, 0.2) is 0 Å². The minimum absolute atomic E-state index is 0.108. The predicted octanol–water partition coefficient (Wildman–Crippen LogP) is 14.5. The topological polar surface area (TPSA) is 0 Å². The fourth-order valence-electron chi connectivity index (χ4n) is 14.2. The van der Waals surface area contributed by atoms with Crippen molar-refractivity contribution >= 4 is 78.5 Å². The molecule has 0 aliphatic carbocycles. The summed E-state index contributed by atoms with van der Waals surface area (Å²) in [6.07, 6.45) is 0. The highest BCUT2D eigenvalue weighted by molar-refractivity contribution is 7.03. The summed E-state index contributed by atoms with van der Waals surface area (Å²) in [6, 6.07) is 80.0. The van der Waals surface area contributed by atoms with E-state index in [1.807, 2.05) is 0 Å². The fraction of sp³-hybridized carbons (Fsp3) is 0.0857. The Kier molecular flexibility index (Phi) is 8.27. The lowest BCUT2D eigenvalue weighted by atomic mass is 9.34. The molecule has 2 heteroatoms. The molecule has 72 heavy (non-hydrogen) atoms. The van der Waals surface area contributed by atoms with Crippen LogP contribution < -0.4 is 32.8 Å². The van der Waals surface area contributed by atoms with Gasteiger partial charge in [-0.15, -0.1) is 0 Å². The van der Waals surface area contributed by atoms with Crippen LogP contribution in [-0.4, -0.2) is 13.4 Å². The average molecular weight is 911 g/mol. The van der Waals surface area contributed by atoms with Crippen LogP contribution in [0.5, 0.6) is 0 Å². The van der Waals surface area contributed by atoms with Crippen LogP contribution in [0.3, 0.4) is 0 Å². The lowest BCUT2D eigenvalue weighted by Crippen LogP contribution is -2.53. The first-order valence-electron chi connectivity index (χ1n) is 26.1. The summed E-state index contributed by atoms with van der Waals surface area (Å²) >= 11 is 0. The summed E-state index contributed by atoms with van der Waals surface area (Å²) in [6.45, 7) is 9.65. The third kappa shape index (κ3) is 5.29. The Morgan fingerprint density at radius 1 is 0.250 bits per heavy atom. The third-order valence-electron chi connectivity index (χ3n) is 17.4. The molecule has 0 N–H and O–H groups in total. The van der Waals surface area contributed by atoms with Gasteiger partial charge in [0, 0.05) is 0 Å². The number of fused-ring (bicyclic) bond motifs is 10. The van der Waals surface area contributed by atoms with E-state index in [9.17, 15) is 0 Å². The molecular weight excluding hydrogens is 862 g/mol. The molecule has 12 aromatic rings. The molecule has 12 aromatic carbocycles. The van der Waals surface area contributed by atoms with Crippen LogP contribution in [0.25, 0.3) is 121 Å². The van der Waals surface area contributed by atoms with Crippen LogP contribution in [0, 0.1) is 0 Å². The standard InChI is InChI=1S/C70H48B2/c1-39(2)43-31-57-49-27-15-17-29-61(49)71-63-37-56-52(48-26-14-12-24-46(48)42-21-9-6-10-22-42)36-54-60-34-44(40(3)4)32-58-50-28-16-18-30-62(50)72(70(58)60)64-38-55-51(47-25-13-11-23-45(47)41-19-7-5-8-20-41)35-53(59(33-43)69(57)71)65(63)67(55)68(56)66(54)64/h5-40H,1-4H3. The first kappa shape index (κ1) is 40.5. The molecule has 0 unspecified atom stereocenters. The number of benzene rings is 12. The lowest BCUT2D eigenvalue weighted by Gasteiger charge is -2.33. The van der Waals surface area contributed by atoms with Crippen molar-refractivity contribution in [3.8, 4) is 89.0 Å². The molecular formula is C70H48B2. The second-order valence-corrected chi connectivity index (χ2v) is 21.7. The third-order valence-corrected chi connectivity index (χ3v) is 17.4. The molecule has 0 aromatic heterocycles. The van der Waals surface area contributed by atoms with Crippen LogP contribution in [0.1, 0.15) is 50.7 Å². The second-order valence-electron chi connectivity index (χ2n) is 21.7. The second kappa shape index (κ2) is 14.7. The minimum Gasteiger partial charge on any atom is -0.0664 e. The Morgan fingerprint density at radius 3 is 0.972 bits per heavy atom. The van der Waals surface area contributed by atoms with E-state index in [0.717, 1.165) is 0 Å². The van der Waals surface area contributed by atoms with Gasteiger partial charge in [-0.25, -0.2) is 0 Å². The van der Waals surface area contributed by atoms with Crippen molar-refractivity contribution in [3.05, 3.63) is 217 Å². The van der Waals surface area contributed by atoms with Crippen LogP contribution in [0.4, 0.5) is 0 Å². The van der Waals surface area contributed by atoms with E-state index in [1.54, 1.807) is 0 Å². The van der Waals surface area contributed by atoms with Gasteiger partial charge in [-0.2, -0.15) is 0 Å². The molecule has 0 amide bonds. The van der Waals surface area contributed by atoms with Crippen molar-refractivity contribution in [1.29, 1.82) is 0 Å². The van der Waals surface area contributed by atoms with E-state index in [-0.39, 0.29) is 13.4 Å². The maximum absolute atomic E-state index is 2.69. The Bertz CT molecular complexity index is 4050. The minimum atomic E-state index is 0.108. The van der Waals surface area contributed by atoms with Crippen molar-refractivity contribution in [2.75, 3.05) is 0 Å². The molecule has 0 saturated carbocycles. The van der Waals surface area contributed by atoms with Crippen molar-refractivity contribution in [2.24, 2.45) is 0 Å². The Labute approximate surface area is 422 Å². The molecule has 0 saturated heterocycles. The highest BCUT2D eigenvalue weighted by atomic mass is 14.4. The molecule has 4 aliphatic heterocycles. The quantitative estimate of drug-likeness (QED) is 0.115. The monoisotopic (exact) mass is 910 g/mol. The molecule has 0 fully saturated rings. The van der Waals surface area contributed by atoms with E-state index in [4.69, 9.17) is 0 Å². The van der Waals surface area contributed by atoms with E-state index < -0.39 is 0 Å². The molecule has 4 heterocycles. The van der Waals surface area contributed by atoms with Gasteiger partial charge in [0.05, 0.1) is 0 Å². The van der Waals surface area contributed by atoms with Gasteiger partial charge in [0.25, 0.3) is 0 Å². The molecule has 0 bridgehead atoms. The first-order chi connectivity index (χ1) is 35.4. The van der Waals surface area contributed by atoms with Gasteiger partial charge in [0.1, 0.15) is 0 Å². The molecule has 4 aliphatic rings. The van der Waals surface area contributed by atoms with Crippen molar-refractivity contribution in [1.82, 2.24) is 0 Å². The number of hydrogen-bond acceptors (Lipinski definition) is 0. The molecule has 0 radical (unpaired) electrons. The Hall–Kier alpha value is -8.19. The maximum Gasteiger partial charge on any atom is 0.244 e. The lowest BCUT2D eigenvalue weighted by molar-refractivity contribution is 0.868. The maximum atomic E-state index is 2.69. The van der Waals surface area contributed by atoms with Crippen molar-refractivity contribution in [2.45, 2.75) is 39.5 Å². The van der Waals surface area contributed by atoms with E-state index in [0.29, 0.717) is 11.8 Å². The van der Waals surface area contributed by atoms with Crippen LogP contribution in [0.15, 0.2) is 206 Å². The highest BCUT2D eigenvalue weighted by Crippen LogP contribution is 2.53. The largest absolute Gasteiger partial charge is 0.244 e. The van der Waals surface area contributed by atoms with Crippen molar-refractivity contribution < 1.29 is 0 Å². The molecule has 0 nitrogen and oxygen atoms in total. The smallest absolute Gasteiger partial charge is 0.0664 e.